The van der Waals surface area contributed by atoms with Crippen LogP contribution in [0.4, 0.5) is 0 Å². The van der Waals surface area contributed by atoms with Crippen molar-refractivity contribution in [2.45, 2.75) is 6.42 Å². The van der Waals surface area contributed by atoms with Crippen LogP contribution in [0.2, 0.25) is 5.02 Å². The van der Waals surface area contributed by atoms with E-state index < -0.39 is 5.97 Å². The predicted molar refractivity (Wildman–Crippen MR) is 130 cm³/mol. The summed E-state index contributed by atoms with van der Waals surface area (Å²) in [7, 11) is 0. The van der Waals surface area contributed by atoms with Gasteiger partial charge in [-0.15, -0.1) is 0 Å². The Labute approximate surface area is 201 Å². The van der Waals surface area contributed by atoms with E-state index in [9.17, 15) is 4.79 Å². The highest BCUT2D eigenvalue weighted by molar-refractivity contribution is 9.11. The van der Waals surface area contributed by atoms with Crippen molar-refractivity contribution >= 4 is 61.4 Å². The quantitative estimate of drug-likeness (QED) is 0.245. The molecule has 4 nitrogen and oxygen atoms in total. The second kappa shape index (κ2) is 9.81. The van der Waals surface area contributed by atoms with Crippen LogP contribution in [0.5, 0.6) is 5.75 Å². The molecule has 3 aromatic rings. The van der Waals surface area contributed by atoms with E-state index in [1.54, 1.807) is 24.3 Å². The number of esters is 1. The molecule has 0 saturated heterocycles. The van der Waals surface area contributed by atoms with Crippen molar-refractivity contribution < 1.29 is 14.3 Å². The molecule has 0 unspecified atom stereocenters. The van der Waals surface area contributed by atoms with Crippen molar-refractivity contribution in [3.8, 4) is 5.75 Å². The molecule has 0 aromatic heterocycles. The normalized spacial score (nSPS) is 14.5. The summed E-state index contributed by atoms with van der Waals surface area (Å²) in [6.07, 6.45) is 2.46. The number of benzene rings is 3. The van der Waals surface area contributed by atoms with Gasteiger partial charge in [-0.1, -0.05) is 54.1 Å². The molecule has 0 amide bonds. The third kappa shape index (κ3) is 5.26. The van der Waals surface area contributed by atoms with Gasteiger partial charge in [0.15, 0.2) is 5.70 Å². The number of carbonyl (C=O) groups excluding carboxylic acids is 1. The van der Waals surface area contributed by atoms with Crippen molar-refractivity contribution in [1.29, 1.82) is 0 Å². The molecule has 0 aliphatic carbocycles. The molecule has 156 valence electrons. The van der Waals surface area contributed by atoms with Crippen LogP contribution >= 0.6 is 43.5 Å². The fourth-order valence-electron chi connectivity index (χ4n) is 3.03. The third-order valence-electron chi connectivity index (χ3n) is 4.53. The molecule has 0 radical (unpaired) electrons. The summed E-state index contributed by atoms with van der Waals surface area (Å²) in [5.74, 6) is 0.374. The number of hydrogen-bond acceptors (Lipinski definition) is 4. The summed E-state index contributed by atoms with van der Waals surface area (Å²) in [5, 5.41) is 0.470. The second-order valence-corrected chi connectivity index (χ2v) is 8.83. The van der Waals surface area contributed by atoms with E-state index in [0.29, 0.717) is 22.9 Å². The Bertz CT molecular complexity index is 1170. The van der Waals surface area contributed by atoms with Crippen LogP contribution in [0.1, 0.15) is 16.7 Å². The molecule has 4 rings (SSSR count). The van der Waals surface area contributed by atoms with Crippen molar-refractivity contribution in [2.75, 3.05) is 6.61 Å². The predicted octanol–water partition coefficient (Wildman–Crippen LogP) is 6.83. The van der Waals surface area contributed by atoms with E-state index in [2.05, 4.69) is 49.0 Å². The number of nitrogens with zero attached hydrogens (tertiary/aromatic N) is 1. The van der Waals surface area contributed by atoms with E-state index in [4.69, 9.17) is 21.1 Å². The molecule has 0 bridgehead atoms. The Morgan fingerprint density at radius 3 is 2.39 bits per heavy atom. The van der Waals surface area contributed by atoms with Gasteiger partial charge in [-0.3, -0.25) is 0 Å². The van der Waals surface area contributed by atoms with Gasteiger partial charge in [0.2, 0.25) is 5.90 Å². The summed E-state index contributed by atoms with van der Waals surface area (Å²) in [5.41, 5.74) is 2.75. The Kier molecular flexibility index (Phi) is 6.90. The molecule has 0 fully saturated rings. The Hall–Kier alpha value is -2.41. The minimum absolute atomic E-state index is 0.195. The molecular weight excluding hydrogens is 546 g/mol. The minimum Gasteiger partial charge on any atom is -0.491 e. The van der Waals surface area contributed by atoms with Gasteiger partial charge >= 0.3 is 5.97 Å². The summed E-state index contributed by atoms with van der Waals surface area (Å²) in [4.78, 5) is 16.6. The molecule has 0 N–H and O–H groups in total. The minimum atomic E-state index is -0.523. The van der Waals surface area contributed by atoms with Gasteiger partial charge in [0.25, 0.3) is 0 Å². The highest BCUT2D eigenvalue weighted by Gasteiger charge is 2.25. The van der Waals surface area contributed by atoms with Crippen LogP contribution in [0.25, 0.3) is 6.08 Å². The lowest BCUT2D eigenvalue weighted by molar-refractivity contribution is -0.129. The SMILES string of the molecule is O=C1OC(c2ccccc2Cl)=N/C1=C\c1cc(Br)c(OCCc2ccccc2)c(Br)c1. The topological polar surface area (TPSA) is 47.9 Å². The first-order valence-corrected chi connectivity index (χ1v) is 11.4. The summed E-state index contributed by atoms with van der Waals surface area (Å²) < 4.78 is 12.8. The van der Waals surface area contributed by atoms with Gasteiger partial charge in [-0.2, -0.15) is 0 Å². The summed E-state index contributed by atoms with van der Waals surface area (Å²) in [6.45, 7) is 0.541. The van der Waals surface area contributed by atoms with Crippen molar-refractivity contribution in [1.82, 2.24) is 0 Å². The van der Waals surface area contributed by atoms with Gasteiger partial charge in [-0.05, 0) is 73.3 Å². The Morgan fingerprint density at radius 2 is 1.68 bits per heavy atom. The maximum Gasteiger partial charge on any atom is 0.363 e. The first-order valence-electron chi connectivity index (χ1n) is 9.44. The van der Waals surface area contributed by atoms with Crippen LogP contribution in [0.15, 0.2) is 86.4 Å². The standard InChI is InChI=1S/C24H16Br2ClNO3/c25-18-12-16(13-19(26)22(18)30-11-10-15-6-2-1-3-7-15)14-21-24(29)31-23(28-21)17-8-4-5-9-20(17)27/h1-9,12-14H,10-11H2/b21-14-. The largest absolute Gasteiger partial charge is 0.491 e. The van der Waals surface area contributed by atoms with Crippen LogP contribution in [-0.4, -0.2) is 18.5 Å². The fourth-order valence-corrected chi connectivity index (χ4v) is 4.70. The van der Waals surface area contributed by atoms with Crippen LogP contribution in [0.3, 0.4) is 0 Å². The van der Waals surface area contributed by atoms with Gasteiger partial charge in [0.1, 0.15) is 5.75 Å². The summed E-state index contributed by atoms with van der Waals surface area (Å²) in [6, 6.07) is 21.0. The number of rotatable bonds is 6. The molecule has 1 aliphatic heterocycles. The molecule has 1 heterocycles. The molecular formula is C24H16Br2ClNO3. The maximum absolute atomic E-state index is 12.3. The van der Waals surface area contributed by atoms with Crippen molar-refractivity contribution in [3.63, 3.8) is 0 Å². The number of halogens is 3. The highest BCUT2D eigenvalue weighted by atomic mass is 79.9. The molecule has 3 aromatic carbocycles. The van der Waals surface area contributed by atoms with Crippen LogP contribution < -0.4 is 4.74 Å². The van der Waals surface area contributed by atoms with Crippen molar-refractivity contribution in [2.24, 2.45) is 4.99 Å². The highest BCUT2D eigenvalue weighted by Crippen LogP contribution is 2.36. The number of aliphatic imine (C=N–C) groups is 1. The number of hydrogen-bond donors (Lipinski definition) is 0. The van der Waals surface area contributed by atoms with E-state index in [1.807, 2.05) is 36.4 Å². The first kappa shape index (κ1) is 21.8. The molecule has 0 saturated carbocycles. The van der Waals surface area contributed by atoms with Gasteiger partial charge < -0.3 is 9.47 Å². The number of cyclic esters (lactones) is 1. The lowest BCUT2D eigenvalue weighted by Gasteiger charge is -2.11. The maximum atomic E-state index is 12.3. The zero-order valence-electron chi connectivity index (χ0n) is 16.1. The zero-order chi connectivity index (χ0) is 21.8. The van der Waals surface area contributed by atoms with E-state index >= 15 is 0 Å². The Morgan fingerprint density at radius 1 is 1.00 bits per heavy atom. The number of ether oxygens (including phenoxy) is 2. The van der Waals surface area contributed by atoms with E-state index in [-0.39, 0.29) is 11.6 Å². The Balaban J connectivity index is 1.52. The van der Waals surface area contributed by atoms with Gasteiger partial charge in [0.05, 0.1) is 26.1 Å². The van der Waals surface area contributed by atoms with Crippen LogP contribution in [-0.2, 0) is 16.0 Å². The molecule has 0 spiro atoms. The zero-order valence-corrected chi connectivity index (χ0v) is 20.1. The molecule has 1 aliphatic rings. The average Bonchev–Trinajstić information content (AvgIpc) is 3.11. The monoisotopic (exact) mass is 559 g/mol. The summed E-state index contributed by atoms with van der Waals surface area (Å²) >= 11 is 13.3. The second-order valence-electron chi connectivity index (χ2n) is 6.71. The first-order chi connectivity index (χ1) is 15.0. The van der Waals surface area contributed by atoms with Crippen LogP contribution in [0, 0.1) is 0 Å². The lowest BCUT2D eigenvalue weighted by Crippen LogP contribution is -2.05. The lowest BCUT2D eigenvalue weighted by atomic mass is 10.1. The van der Waals surface area contributed by atoms with Gasteiger partial charge in [-0.25, -0.2) is 9.79 Å². The van der Waals surface area contributed by atoms with E-state index in [1.165, 1.54) is 5.56 Å². The smallest absolute Gasteiger partial charge is 0.363 e. The molecule has 31 heavy (non-hydrogen) atoms. The molecule has 7 heteroatoms. The third-order valence-corrected chi connectivity index (χ3v) is 6.04. The fraction of sp³-hybridized carbons (Fsp3) is 0.0833. The van der Waals surface area contributed by atoms with E-state index in [0.717, 1.165) is 20.9 Å². The number of carbonyl (C=O) groups is 1. The van der Waals surface area contributed by atoms with Gasteiger partial charge in [0, 0.05) is 6.42 Å². The average molecular weight is 562 g/mol. The molecule has 0 atom stereocenters. The van der Waals surface area contributed by atoms with Crippen molar-refractivity contribution in [3.05, 3.63) is 103 Å².